The fraction of sp³-hybridized carbons (Fsp3) is 0.400. The van der Waals surface area contributed by atoms with E-state index >= 15 is 0 Å². The van der Waals surface area contributed by atoms with Crippen LogP contribution in [0.5, 0.6) is 0 Å². The zero-order chi connectivity index (χ0) is 14.6. The minimum atomic E-state index is -2.94. The Morgan fingerprint density at radius 2 is 2.26 bits per heavy atom. The molecule has 0 atom stereocenters. The molecular formula is C10H9ClF2N2O4. The molecule has 1 rings (SSSR count). The highest BCUT2D eigenvalue weighted by molar-refractivity contribution is 6.32. The topological polar surface area (TPSA) is 82.3 Å². The molecule has 0 unspecified atom stereocenters. The van der Waals surface area contributed by atoms with Crippen LogP contribution >= 0.6 is 11.6 Å². The summed E-state index contributed by atoms with van der Waals surface area (Å²) in [5, 5.41) is 10.2. The van der Waals surface area contributed by atoms with Crippen molar-refractivity contribution in [2.75, 3.05) is 6.61 Å². The lowest BCUT2D eigenvalue weighted by Gasteiger charge is -2.08. The van der Waals surface area contributed by atoms with E-state index in [1.165, 1.54) is 0 Å². The first-order valence-electron chi connectivity index (χ1n) is 5.13. The van der Waals surface area contributed by atoms with Gasteiger partial charge in [0, 0.05) is 0 Å². The molecule has 0 radical (unpaired) electrons. The average molecular weight is 295 g/mol. The van der Waals surface area contributed by atoms with E-state index in [4.69, 9.17) is 11.6 Å². The van der Waals surface area contributed by atoms with Gasteiger partial charge in [0.1, 0.15) is 0 Å². The van der Waals surface area contributed by atoms with Gasteiger partial charge in [0.2, 0.25) is 0 Å². The van der Waals surface area contributed by atoms with Crippen LogP contribution < -0.4 is 0 Å². The van der Waals surface area contributed by atoms with Gasteiger partial charge in [-0.1, -0.05) is 11.6 Å². The van der Waals surface area contributed by atoms with Crippen molar-refractivity contribution in [3.63, 3.8) is 0 Å². The molecule has 0 saturated heterocycles. The highest BCUT2D eigenvalue weighted by atomic mass is 35.5. The molecule has 0 amide bonds. The maximum atomic E-state index is 12.6. The predicted octanol–water partition coefficient (Wildman–Crippen LogP) is 2.69. The molecule has 1 aromatic rings. The molecule has 0 spiro atoms. The summed E-state index contributed by atoms with van der Waals surface area (Å²) in [6, 6.07) is 0. The zero-order valence-electron chi connectivity index (χ0n) is 9.73. The van der Waals surface area contributed by atoms with Crippen molar-refractivity contribution in [2.24, 2.45) is 0 Å². The fourth-order valence-corrected chi connectivity index (χ4v) is 1.64. The molecular weight excluding hydrogens is 286 g/mol. The first-order chi connectivity index (χ1) is 8.88. The summed E-state index contributed by atoms with van der Waals surface area (Å²) in [5.41, 5.74) is -1.03. The molecule has 0 fully saturated rings. The molecule has 0 aliphatic carbocycles. The Balaban J connectivity index is 3.26. The van der Waals surface area contributed by atoms with Crippen LogP contribution in [0.25, 0.3) is 0 Å². The van der Waals surface area contributed by atoms with Crippen LogP contribution in [0.2, 0.25) is 5.02 Å². The Morgan fingerprint density at radius 3 is 2.74 bits per heavy atom. The van der Waals surface area contributed by atoms with Gasteiger partial charge in [-0.25, -0.2) is 8.78 Å². The van der Waals surface area contributed by atoms with E-state index in [-0.39, 0.29) is 12.2 Å². The van der Waals surface area contributed by atoms with Gasteiger partial charge in [0.25, 0.3) is 6.43 Å². The van der Waals surface area contributed by atoms with E-state index in [0.717, 1.165) is 0 Å². The monoisotopic (exact) mass is 294 g/mol. The van der Waals surface area contributed by atoms with E-state index < -0.39 is 40.1 Å². The normalized spacial score (nSPS) is 10.6. The van der Waals surface area contributed by atoms with Crippen molar-refractivity contribution < 1.29 is 23.2 Å². The SMILES string of the molecule is CCOC(=O)Cc1c([N+](=O)[O-])ncc(C(F)F)c1Cl. The molecule has 1 heterocycles. The Kier molecular flexibility index (Phi) is 5.11. The second-order valence-electron chi connectivity index (χ2n) is 3.37. The molecule has 6 nitrogen and oxygen atoms in total. The number of hydrogen-bond donors (Lipinski definition) is 0. The fourth-order valence-electron chi connectivity index (χ4n) is 1.36. The number of halogens is 3. The van der Waals surface area contributed by atoms with Gasteiger partial charge in [-0.15, -0.1) is 0 Å². The first kappa shape index (κ1) is 15.2. The van der Waals surface area contributed by atoms with Crippen LogP contribution in [0.15, 0.2) is 6.20 Å². The van der Waals surface area contributed by atoms with Crippen molar-refractivity contribution >= 4 is 23.4 Å². The van der Waals surface area contributed by atoms with Crippen LogP contribution in [0.1, 0.15) is 24.5 Å². The van der Waals surface area contributed by atoms with E-state index in [2.05, 4.69) is 9.72 Å². The van der Waals surface area contributed by atoms with Crippen molar-refractivity contribution in [1.82, 2.24) is 4.98 Å². The van der Waals surface area contributed by atoms with Gasteiger partial charge in [0.05, 0.1) is 29.2 Å². The van der Waals surface area contributed by atoms with Crippen LogP contribution in [-0.4, -0.2) is 22.5 Å². The summed E-state index contributed by atoms with van der Waals surface area (Å²) in [5.74, 6) is -1.54. The summed E-state index contributed by atoms with van der Waals surface area (Å²) in [7, 11) is 0. The van der Waals surface area contributed by atoms with E-state index in [1.807, 2.05) is 0 Å². The summed E-state index contributed by atoms with van der Waals surface area (Å²) in [6.07, 6.45) is -2.90. The summed E-state index contributed by atoms with van der Waals surface area (Å²) in [4.78, 5) is 24.5. The molecule has 0 saturated carbocycles. The van der Waals surface area contributed by atoms with Crippen molar-refractivity contribution in [2.45, 2.75) is 19.8 Å². The summed E-state index contributed by atoms with van der Waals surface area (Å²) < 4.78 is 29.8. The molecule has 19 heavy (non-hydrogen) atoms. The third kappa shape index (κ3) is 3.57. The van der Waals surface area contributed by atoms with Crippen LogP contribution in [0.4, 0.5) is 14.6 Å². The largest absolute Gasteiger partial charge is 0.466 e. The van der Waals surface area contributed by atoms with Crippen molar-refractivity contribution in [1.29, 1.82) is 0 Å². The summed E-state index contributed by atoms with van der Waals surface area (Å²) in [6.45, 7) is 1.61. The lowest BCUT2D eigenvalue weighted by Crippen LogP contribution is -2.11. The average Bonchev–Trinajstić information content (AvgIpc) is 2.31. The Labute approximate surface area is 111 Å². The molecule has 104 valence electrons. The minimum Gasteiger partial charge on any atom is -0.466 e. The Morgan fingerprint density at radius 1 is 1.63 bits per heavy atom. The molecule has 0 aliphatic heterocycles. The number of ether oxygens (including phenoxy) is 1. The molecule has 1 aromatic heterocycles. The highest BCUT2D eigenvalue weighted by Crippen LogP contribution is 2.33. The van der Waals surface area contributed by atoms with Crippen molar-refractivity contribution in [3.8, 4) is 0 Å². The van der Waals surface area contributed by atoms with Crippen molar-refractivity contribution in [3.05, 3.63) is 32.5 Å². The second kappa shape index (κ2) is 6.37. The summed E-state index contributed by atoms with van der Waals surface area (Å²) >= 11 is 5.67. The third-order valence-corrected chi connectivity index (χ3v) is 2.60. The molecule has 0 bridgehead atoms. The van der Waals surface area contributed by atoms with Gasteiger partial charge < -0.3 is 14.9 Å². The number of pyridine rings is 1. The number of carbonyl (C=O) groups excluding carboxylic acids is 1. The quantitative estimate of drug-likeness (QED) is 0.474. The molecule has 0 aliphatic rings. The standard InChI is InChI=1S/C10H9ClF2N2O4/c1-2-19-7(16)3-5-8(11)6(9(12)13)4-14-10(5)15(17)18/h4,9H,2-3H2,1H3. The number of rotatable bonds is 5. The zero-order valence-corrected chi connectivity index (χ0v) is 10.5. The maximum Gasteiger partial charge on any atom is 0.368 e. The lowest BCUT2D eigenvalue weighted by atomic mass is 10.1. The number of nitro groups is 1. The number of carbonyl (C=O) groups is 1. The van der Waals surface area contributed by atoms with Gasteiger partial charge in [-0.05, 0) is 16.8 Å². The van der Waals surface area contributed by atoms with E-state index in [9.17, 15) is 23.7 Å². The van der Waals surface area contributed by atoms with Crippen LogP contribution in [0.3, 0.4) is 0 Å². The van der Waals surface area contributed by atoms with Crippen LogP contribution in [0, 0.1) is 10.1 Å². The molecule has 0 N–H and O–H groups in total. The minimum absolute atomic E-state index is 0.0617. The van der Waals surface area contributed by atoms with Gasteiger partial charge >= 0.3 is 11.8 Å². The maximum absolute atomic E-state index is 12.6. The Bertz CT molecular complexity index is 511. The molecule has 0 aromatic carbocycles. The number of alkyl halides is 2. The van der Waals surface area contributed by atoms with E-state index in [0.29, 0.717) is 6.20 Å². The smallest absolute Gasteiger partial charge is 0.368 e. The lowest BCUT2D eigenvalue weighted by molar-refractivity contribution is -0.390. The Hall–Kier alpha value is -1.83. The van der Waals surface area contributed by atoms with Gasteiger partial charge in [-0.2, -0.15) is 0 Å². The highest BCUT2D eigenvalue weighted by Gasteiger charge is 2.27. The predicted molar refractivity (Wildman–Crippen MR) is 61.2 cm³/mol. The molecule has 9 heteroatoms. The number of hydrogen-bond acceptors (Lipinski definition) is 5. The first-order valence-corrected chi connectivity index (χ1v) is 5.51. The van der Waals surface area contributed by atoms with Crippen LogP contribution in [-0.2, 0) is 16.0 Å². The number of nitrogens with zero attached hydrogens (tertiary/aromatic N) is 2. The second-order valence-corrected chi connectivity index (χ2v) is 3.75. The van der Waals surface area contributed by atoms with Gasteiger partial charge in [-0.3, -0.25) is 4.79 Å². The third-order valence-electron chi connectivity index (χ3n) is 2.15. The number of esters is 1. The number of aromatic nitrogens is 1. The van der Waals surface area contributed by atoms with E-state index in [1.54, 1.807) is 6.92 Å². The van der Waals surface area contributed by atoms with Gasteiger partial charge in [0.15, 0.2) is 6.20 Å².